The monoisotopic (exact) mass is 316 g/mol. The summed E-state index contributed by atoms with van der Waals surface area (Å²) in [5.41, 5.74) is 2.09. The van der Waals surface area contributed by atoms with E-state index in [1.807, 2.05) is 24.3 Å². The van der Waals surface area contributed by atoms with E-state index in [1.54, 1.807) is 24.3 Å². The Morgan fingerprint density at radius 1 is 0.696 bits per heavy atom. The molecule has 0 amide bonds. The minimum absolute atomic E-state index is 0.419. The zero-order valence-electron chi connectivity index (χ0n) is 12.8. The Morgan fingerprint density at radius 3 is 1.35 bits per heavy atom. The molecule has 23 heavy (non-hydrogen) atoms. The van der Waals surface area contributed by atoms with Gasteiger partial charge in [0, 0.05) is 0 Å². The molecule has 2 aromatic carbocycles. The number of hydrogen-bond donors (Lipinski definition) is 0. The summed E-state index contributed by atoms with van der Waals surface area (Å²) in [5, 5.41) is 0. The lowest BCUT2D eigenvalue weighted by atomic mass is 10.0. The van der Waals surface area contributed by atoms with Crippen LogP contribution in [0.1, 0.15) is 11.1 Å². The molecule has 0 N–H and O–H groups in total. The van der Waals surface area contributed by atoms with Crippen LogP contribution in [0.2, 0.25) is 0 Å². The molecule has 6 heteroatoms. The van der Waals surface area contributed by atoms with Crippen molar-refractivity contribution < 1.29 is 28.5 Å². The first kappa shape index (κ1) is 16.4. The maximum absolute atomic E-state index is 11.0. The summed E-state index contributed by atoms with van der Waals surface area (Å²) in [6.07, 6.45) is -0.810. The number of carbonyl (C=O) groups is 2. The van der Waals surface area contributed by atoms with E-state index in [0.29, 0.717) is 17.9 Å². The van der Waals surface area contributed by atoms with Crippen molar-refractivity contribution in [3.05, 3.63) is 59.7 Å². The van der Waals surface area contributed by atoms with Gasteiger partial charge >= 0.3 is 12.3 Å². The van der Waals surface area contributed by atoms with Gasteiger partial charge in [0.1, 0.15) is 11.5 Å². The van der Waals surface area contributed by atoms with Crippen LogP contribution in [-0.4, -0.2) is 26.5 Å². The van der Waals surface area contributed by atoms with Gasteiger partial charge < -0.3 is 18.9 Å². The zero-order valence-corrected chi connectivity index (χ0v) is 12.8. The van der Waals surface area contributed by atoms with Crippen molar-refractivity contribution >= 4 is 12.3 Å². The van der Waals surface area contributed by atoms with Crippen molar-refractivity contribution in [1.29, 1.82) is 0 Å². The topological polar surface area (TPSA) is 71.1 Å². The molecular formula is C17H16O6. The summed E-state index contributed by atoms with van der Waals surface area (Å²) < 4.78 is 18.7. The number of hydrogen-bond acceptors (Lipinski definition) is 6. The molecule has 0 bridgehead atoms. The summed E-state index contributed by atoms with van der Waals surface area (Å²) in [6, 6.07) is 14.2. The molecule has 120 valence electrons. The number of rotatable bonds is 4. The second-order valence-corrected chi connectivity index (χ2v) is 4.58. The molecule has 0 aromatic heterocycles. The summed E-state index contributed by atoms with van der Waals surface area (Å²) >= 11 is 0. The average molecular weight is 316 g/mol. The predicted molar refractivity (Wildman–Crippen MR) is 81.8 cm³/mol. The van der Waals surface area contributed by atoms with E-state index in [-0.39, 0.29) is 0 Å². The molecule has 0 atom stereocenters. The van der Waals surface area contributed by atoms with Gasteiger partial charge in [0.15, 0.2) is 0 Å². The third-order valence-corrected chi connectivity index (χ3v) is 2.99. The van der Waals surface area contributed by atoms with E-state index >= 15 is 0 Å². The Labute approximate surface area is 133 Å². The highest BCUT2D eigenvalue weighted by Gasteiger charge is 2.05. The zero-order chi connectivity index (χ0) is 16.7. The summed E-state index contributed by atoms with van der Waals surface area (Å²) in [5.74, 6) is 0.838. The fraction of sp³-hybridized carbons (Fsp3) is 0.176. The first-order valence-corrected chi connectivity index (χ1v) is 6.80. The lowest BCUT2D eigenvalue weighted by Crippen LogP contribution is -2.07. The molecule has 0 heterocycles. The van der Waals surface area contributed by atoms with Gasteiger partial charge in [-0.25, -0.2) is 9.59 Å². The van der Waals surface area contributed by atoms with E-state index in [1.165, 1.54) is 14.2 Å². The standard InChI is InChI=1S/C17H16O6/c1-20-16(18)22-14-7-3-12(4-8-14)11-13-5-9-15(10-6-13)23-17(19)21-2/h3-10H,11H2,1-2H3. The Morgan fingerprint density at radius 2 is 1.04 bits per heavy atom. The minimum atomic E-state index is -0.751. The van der Waals surface area contributed by atoms with Crippen molar-refractivity contribution in [2.24, 2.45) is 0 Å². The molecule has 2 aromatic rings. The average Bonchev–Trinajstić information content (AvgIpc) is 2.58. The van der Waals surface area contributed by atoms with Gasteiger partial charge in [-0.2, -0.15) is 0 Å². The van der Waals surface area contributed by atoms with Crippen LogP contribution in [0.4, 0.5) is 9.59 Å². The van der Waals surface area contributed by atoms with Crippen LogP contribution in [0.5, 0.6) is 11.5 Å². The highest BCUT2D eigenvalue weighted by atomic mass is 16.7. The van der Waals surface area contributed by atoms with E-state index in [9.17, 15) is 9.59 Å². The van der Waals surface area contributed by atoms with Gasteiger partial charge in [0.05, 0.1) is 14.2 Å². The molecule has 0 radical (unpaired) electrons. The van der Waals surface area contributed by atoms with E-state index in [2.05, 4.69) is 9.47 Å². The Balaban J connectivity index is 1.96. The fourth-order valence-electron chi connectivity index (χ4n) is 1.86. The molecule has 0 saturated carbocycles. The maximum Gasteiger partial charge on any atom is 0.513 e. The third-order valence-electron chi connectivity index (χ3n) is 2.99. The summed E-state index contributed by atoms with van der Waals surface area (Å²) in [4.78, 5) is 22.0. The highest BCUT2D eigenvalue weighted by Crippen LogP contribution is 2.18. The van der Waals surface area contributed by atoms with E-state index < -0.39 is 12.3 Å². The van der Waals surface area contributed by atoms with Gasteiger partial charge in [-0.15, -0.1) is 0 Å². The first-order valence-electron chi connectivity index (χ1n) is 6.80. The SMILES string of the molecule is COC(=O)Oc1ccc(Cc2ccc(OC(=O)OC)cc2)cc1. The van der Waals surface area contributed by atoms with Gasteiger partial charge in [-0.05, 0) is 41.8 Å². The van der Waals surface area contributed by atoms with Crippen molar-refractivity contribution in [3.63, 3.8) is 0 Å². The van der Waals surface area contributed by atoms with Gasteiger partial charge in [-0.1, -0.05) is 24.3 Å². The van der Waals surface area contributed by atoms with Crippen LogP contribution >= 0.6 is 0 Å². The lowest BCUT2D eigenvalue weighted by molar-refractivity contribution is 0.120. The molecule has 0 aliphatic rings. The largest absolute Gasteiger partial charge is 0.513 e. The van der Waals surface area contributed by atoms with Crippen LogP contribution in [-0.2, 0) is 15.9 Å². The second-order valence-electron chi connectivity index (χ2n) is 4.58. The molecule has 0 aliphatic carbocycles. The highest BCUT2D eigenvalue weighted by molar-refractivity contribution is 5.64. The Hall–Kier alpha value is -3.02. The molecule has 0 fully saturated rings. The smallest absolute Gasteiger partial charge is 0.437 e. The predicted octanol–water partition coefficient (Wildman–Crippen LogP) is 3.57. The van der Waals surface area contributed by atoms with Crippen LogP contribution in [0.15, 0.2) is 48.5 Å². The van der Waals surface area contributed by atoms with Crippen molar-refractivity contribution in [2.45, 2.75) is 6.42 Å². The first-order chi connectivity index (χ1) is 11.1. The van der Waals surface area contributed by atoms with Crippen molar-refractivity contribution in [2.75, 3.05) is 14.2 Å². The van der Waals surface area contributed by atoms with Crippen LogP contribution in [0, 0.1) is 0 Å². The normalized spacial score (nSPS) is 9.83. The van der Waals surface area contributed by atoms with Crippen molar-refractivity contribution in [1.82, 2.24) is 0 Å². The lowest BCUT2D eigenvalue weighted by Gasteiger charge is -2.06. The third kappa shape index (κ3) is 5.03. The molecule has 0 spiro atoms. The van der Waals surface area contributed by atoms with Crippen molar-refractivity contribution in [3.8, 4) is 11.5 Å². The molecular weight excluding hydrogens is 300 g/mol. The molecule has 0 aliphatic heterocycles. The maximum atomic E-state index is 11.0. The fourth-order valence-corrected chi connectivity index (χ4v) is 1.86. The number of ether oxygens (including phenoxy) is 4. The van der Waals surface area contributed by atoms with Gasteiger partial charge in [0.2, 0.25) is 0 Å². The van der Waals surface area contributed by atoms with E-state index in [4.69, 9.17) is 9.47 Å². The molecule has 0 saturated heterocycles. The molecule has 6 nitrogen and oxygen atoms in total. The number of benzene rings is 2. The Bertz CT molecular complexity index is 601. The minimum Gasteiger partial charge on any atom is -0.437 e. The van der Waals surface area contributed by atoms with E-state index in [0.717, 1.165) is 11.1 Å². The molecule has 0 unspecified atom stereocenters. The quantitative estimate of drug-likeness (QED) is 0.634. The van der Waals surface area contributed by atoms with Crippen LogP contribution < -0.4 is 9.47 Å². The second kappa shape index (κ2) is 7.84. The summed E-state index contributed by atoms with van der Waals surface area (Å²) in [7, 11) is 2.51. The van der Waals surface area contributed by atoms with Crippen LogP contribution in [0.3, 0.4) is 0 Å². The van der Waals surface area contributed by atoms with Gasteiger partial charge in [-0.3, -0.25) is 0 Å². The number of carbonyl (C=O) groups excluding carboxylic acids is 2. The Kier molecular flexibility index (Phi) is 5.57. The number of methoxy groups -OCH3 is 2. The summed E-state index contributed by atoms with van der Waals surface area (Å²) in [6.45, 7) is 0. The molecule has 2 rings (SSSR count). The van der Waals surface area contributed by atoms with Crippen LogP contribution in [0.25, 0.3) is 0 Å². The van der Waals surface area contributed by atoms with Gasteiger partial charge in [0.25, 0.3) is 0 Å².